The molecule has 186 valence electrons. The number of aliphatic carboxylic acids is 1. The molecule has 1 unspecified atom stereocenters. The number of benzene rings is 1. The molecule has 0 radical (unpaired) electrons. The molecule has 8 nitrogen and oxygen atoms in total. The zero-order valence-electron chi connectivity index (χ0n) is 19.9. The quantitative estimate of drug-likeness (QED) is 0.300. The van der Waals surface area contributed by atoms with E-state index in [1.165, 1.54) is 0 Å². The van der Waals surface area contributed by atoms with E-state index in [0.717, 1.165) is 53.2 Å². The van der Waals surface area contributed by atoms with Crippen LogP contribution in [0, 0.1) is 11.8 Å². The summed E-state index contributed by atoms with van der Waals surface area (Å²) in [6.07, 6.45) is 9.11. The first-order valence-corrected chi connectivity index (χ1v) is 13.0. The molecule has 9 heteroatoms. The highest BCUT2D eigenvalue weighted by Crippen LogP contribution is 2.34. The second-order valence-corrected chi connectivity index (χ2v) is 10.0. The minimum Gasteiger partial charge on any atom is -0.497 e. The maximum Gasteiger partial charge on any atom is 0.308 e. The predicted molar refractivity (Wildman–Crippen MR) is 136 cm³/mol. The highest BCUT2D eigenvalue weighted by atomic mass is 32.2. The van der Waals surface area contributed by atoms with Crippen LogP contribution >= 0.6 is 11.8 Å². The van der Waals surface area contributed by atoms with Crippen molar-refractivity contribution in [1.29, 1.82) is 0 Å². The number of pyridine rings is 1. The number of hydrogen-bond acceptors (Lipinski definition) is 8. The van der Waals surface area contributed by atoms with Crippen LogP contribution in [0.25, 0.3) is 10.9 Å². The fourth-order valence-electron chi connectivity index (χ4n) is 4.81. The molecular formula is C26H32N4O4S. The molecule has 35 heavy (non-hydrogen) atoms. The molecule has 1 fully saturated rings. The van der Waals surface area contributed by atoms with Crippen molar-refractivity contribution in [1.82, 2.24) is 19.9 Å². The number of aromatic nitrogens is 3. The number of likely N-dealkylation sites (tertiary alicyclic amines) is 1. The summed E-state index contributed by atoms with van der Waals surface area (Å²) in [5, 5.41) is 22.7. The van der Waals surface area contributed by atoms with Gasteiger partial charge in [0.1, 0.15) is 10.8 Å². The van der Waals surface area contributed by atoms with Gasteiger partial charge in [0.05, 0.1) is 30.8 Å². The van der Waals surface area contributed by atoms with Gasteiger partial charge in [0.2, 0.25) is 0 Å². The van der Waals surface area contributed by atoms with E-state index in [2.05, 4.69) is 19.9 Å². The van der Waals surface area contributed by atoms with E-state index in [1.807, 2.05) is 24.3 Å². The van der Waals surface area contributed by atoms with Crippen molar-refractivity contribution in [2.45, 2.75) is 36.8 Å². The molecule has 3 heterocycles. The number of nitrogens with zero attached hydrogens (tertiary/aromatic N) is 4. The van der Waals surface area contributed by atoms with Crippen LogP contribution in [-0.4, -0.2) is 68.5 Å². The predicted octanol–water partition coefficient (Wildman–Crippen LogP) is 4.05. The molecule has 1 saturated heterocycles. The van der Waals surface area contributed by atoms with E-state index >= 15 is 0 Å². The number of rotatable bonds is 11. The summed E-state index contributed by atoms with van der Waals surface area (Å²) in [6, 6.07) is 7.46. The molecule has 2 N–H and O–H groups in total. The second-order valence-electron chi connectivity index (χ2n) is 8.92. The topological polar surface area (TPSA) is 109 Å². The van der Waals surface area contributed by atoms with Gasteiger partial charge in [-0.05, 0) is 74.5 Å². The van der Waals surface area contributed by atoms with Gasteiger partial charge >= 0.3 is 5.97 Å². The van der Waals surface area contributed by atoms with Crippen molar-refractivity contribution in [3.8, 4) is 5.75 Å². The highest BCUT2D eigenvalue weighted by molar-refractivity contribution is 7.99. The number of ether oxygens (including phenoxy) is 1. The Morgan fingerprint density at radius 2 is 2.14 bits per heavy atom. The summed E-state index contributed by atoms with van der Waals surface area (Å²) in [5.74, 6) is 0.523. The summed E-state index contributed by atoms with van der Waals surface area (Å²) in [5.41, 5.74) is 1.61. The molecule has 0 bridgehead atoms. The Labute approximate surface area is 209 Å². The maximum atomic E-state index is 12.1. The Morgan fingerprint density at radius 1 is 1.26 bits per heavy atom. The first kappa shape index (κ1) is 25.3. The lowest BCUT2D eigenvalue weighted by Crippen LogP contribution is -2.44. The van der Waals surface area contributed by atoms with Gasteiger partial charge in [-0.25, -0.2) is 4.98 Å². The summed E-state index contributed by atoms with van der Waals surface area (Å²) in [6.45, 7) is 2.31. The zero-order chi connectivity index (χ0) is 24.6. The Bertz CT molecular complexity index is 1120. The van der Waals surface area contributed by atoms with E-state index in [4.69, 9.17) is 4.74 Å². The van der Waals surface area contributed by atoms with Crippen LogP contribution in [0.15, 0.2) is 54.1 Å². The Hall–Kier alpha value is -2.75. The van der Waals surface area contributed by atoms with Crippen LogP contribution in [0.2, 0.25) is 0 Å². The van der Waals surface area contributed by atoms with Crippen molar-refractivity contribution in [2.75, 3.05) is 32.5 Å². The van der Waals surface area contributed by atoms with Gasteiger partial charge in [-0.2, -0.15) is 0 Å². The Kier molecular flexibility index (Phi) is 8.90. The molecule has 1 aromatic carbocycles. The SMILES string of the molecule is COc1ccc2nccc(C(O)CC[C@@H]3CCN(CCCSc4cnccn4)C[C@@H]3C(=O)O)c2c1. The van der Waals surface area contributed by atoms with E-state index in [0.29, 0.717) is 25.1 Å². The lowest BCUT2D eigenvalue weighted by atomic mass is 9.81. The first-order valence-electron chi connectivity index (χ1n) is 12.0. The van der Waals surface area contributed by atoms with E-state index < -0.39 is 18.0 Å². The lowest BCUT2D eigenvalue weighted by Gasteiger charge is -2.37. The summed E-state index contributed by atoms with van der Waals surface area (Å²) < 4.78 is 5.33. The van der Waals surface area contributed by atoms with Crippen LogP contribution < -0.4 is 4.74 Å². The van der Waals surface area contributed by atoms with Gasteiger partial charge in [0.15, 0.2) is 0 Å². The molecule has 4 rings (SSSR count). The Balaban J connectivity index is 1.30. The van der Waals surface area contributed by atoms with Crippen molar-refractivity contribution in [3.05, 3.63) is 54.6 Å². The number of hydrogen-bond donors (Lipinski definition) is 2. The molecule has 0 saturated carbocycles. The number of carboxylic acids is 1. The van der Waals surface area contributed by atoms with E-state index in [1.54, 1.807) is 43.7 Å². The average Bonchev–Trinajstić information content (AvgIpc) is 2.89. The van der Waals surface area contributed by atoms with Gasteiger partial charge in [-0.1, -0.05) is 0 Å². The third kappa shape index (κ3) is 6.68. The van der Waals surface area contributed by atoms with E-state index in [9.17, 15) is 15.0 Å². The number of fused-ring (bicyclic) bond motifs is 1. The van der Waals surface area contributed by atoms with Crippen LogP contribution in [0.4, 0.5) is 0 Å². The molecule has 0 amide bonds. The fourth-order valence-corrected chi connectivity index (χ4v) is 5.57. The highest BCUT2D eigenvalue weighted by Gasteiger charge is 2.34. The minimum absolute atomic E-state index is 0.0509. The second kappa shape index (κ2) is 12.3. The number of thioether (sulfide) groups is 1. The zero-order valence-corrected chi connectivity index (χ0v) is 20.7. The van der Waals surface area contributed by atoms with Crippen LogP contribution in [-0.2, 0) is 4.79 Å². The van der Waals surface area contributed by atoms with Crippen molar-refractivity contribution in [2.24, 2.45) is 11.8 Å². The number of carbonyl (C=O) groups is 1. The van der Waals surface area contributed by atoms with Gasteiger partial charge in [0.25, 0.3) is 0 Å². The number of aliphatic hydroxyl groups is 1. The monoisotopic (exact) mass is 496 g/mol. The molecular weight excluding hydrogens is 464 g/mol. The van der Waals surface area contributed by atoms with Crippen LogP contribution in [0.3, 0.4) is 0 Å². The van der Waals surface area contributed by atoms with Crippen LogP contribution in [0.1, 0.15) is 37.4 Å². The molecule has 3 atom stereocenters. The summed E-state index contributed by atoms with van der Waals surface area (Å²) in [7, 11) is 1.61. The van der Waals surface area contributed by atoms with Crippen molar-refractivity contribution >= 4 is 28.6 Å². The third-order valence-electron chi connectivity index (χ3n) is 6.72. The number of carboxylic acid groups (broad SMARTS) is 1. The molecule has 2 aromatic heterocycles. The third-order valence-corrected chi connectivity index (χ3v) is 7.72. The Morgan fingerprint density at radius 3 is 2.91 bits per heavy atom. The summed E-state index contributed by atoms with van der Waals surface area (Å²) >= 11 is 1.67. The molecule has 1 aliphatic heterocycles. The first-order chi connectivity index (χ1) is 17.0. The standard InChI is InChI=1S/C26H32N4O4S/c1-34-19-4-5-23-21(15-19)20(7-9-28-23)24(31)6-3-18-8-13-30(17-22(18)26(32)33)12-2-14-35-25-16-27-10-11-29-25/h4-5,7,9-11,15-16,18,22,24,31H,2-3,6,8,12-14,17H2,1H3,(H,32,33)/t18-,22+,24?/m1/s1. The number of piperidine rings is 1. The summed E-state index contributed by atoms with van der Waals surface area (Å²) in [4.78, 5) is 27.0. The van der Waals surface area contributed by atoms with E-state index in [-0.39, 0.29) is 5.92 Å². The van der Waals surface area contributed by atoms with Gasteiger partial charge in [0, 0.05) is 36.3 Å². The lowest BCUT2D eigenvalue weighted by molar-refractivity contribution is -0.146. The van der Waals surface area contributed by atoms with Crippen LogP contribution in [0.5, 0.6) is 5.75 Å². The van der Waals surface area contributed by atoms with Crippen molar-refractivity contribution in [3.63, 3.8) is 0 Å². The van der Waals surface area contributed by atoms with Crippen molar-refractivity contribution < 1.29 is 19.7 Å². The molecule has 3 aromatic rings. The normalized spacial score (nSPS) is 19.5. The van der Waals surface area contributed by atoms with Gasteiger partial charge < -0.3 is 19.8 Å². The minimum atomic E-state index is -0.748. The molecule has 0 aliphatic carbocycles. The maximum absolute atomic E-state index is 12.1. The number of aliphatic hydroxyl groups excluding tert-OH is 1. The van der Waals surface area contributed by atoms with Gasteiger partial charge in [-0.3, -0.25) is 14.8 Å². The van der Waals surface area contributed by atoms with Gasteiger partial charge in [-0.15, -0.1) is 11.8 Å². The molecule has 1 aliphatic rings. The smallest absolute Gasteiger partial charge is 0.308 e. The number of methoxy groups -OCH3 is 1. The average molecular weight is 497 g/mol. The fraction of sp³-hybridized carbons (Fsp3) is 0.462. The largest absolute Gasteiger partial charge is 0.497 e. The molecule has 0 spiro atoms.